The molecule has 1 amide bonds. The van der Waals surface area contributed by atoms with Crippen molar-refractivity contribution in [3.8, 4) is 11.4 Å². The van der Waals surface area contributed by atoms with E-state index in [1.807, 2.05) is 0 Å². The zero-order valence-corrected chi connectivity index (χ0v) is 19.7. The molecule has 3 aromatic rings. The van der Waals surface area contributed by atoms with Gasteiger partial charge in [0.2, 0.25) is 6.10 Å². The highest BCUT2D eigenvalue weighted by molar-refractivity contribution is 6.07. The van der Waals surface area contributed by atoms with Gasteiger partial charge in [-0.1, -0.05) is 6.58 Å². The molecule has 1 aromatic heterocycles. The highest BCUT2D eigenvalue weighted by atomic mass is 19.4. The van der Waals surface area contributed by atoms with Crippen LogP contribution in [-0.2, 0) is 17.9 Å². The normalized spacial score (nSPS) is 14.1. The lowest BCUT2D eigenvalue weighted by Crippen LogP contribution is -2.33. The summed E-state index contributed by atoms with van der Waals surface area (Å²) in [6, 6.07) is 3.74. The number of carbonyl (C=O) groups excluding carboxylic acids is 1. The summed E-state index contributed by atoms with van der Waals surface area (Å²) in [7, 11) is 0. The quantitative estimate of drug-likeness (QED) is 0.386. The highest BCUT2D eigenvalue weighted by Gasteiger charge is 2.40. The van der Waals surface area contributed by atoms with Crippen LogP contribution in [0.4, 0.5) is 27.6 Å². The smallest absolute Gasteiger partial charge is 0.429 e. The van der Waals surface area contributed by atoms with Crippen LogP contribution in [0.3, 0.4) is 0 Å². The molecular weight excluding hydrogens is 503 g/mol. The van der Waals surface area contributed by atoms with Crippen LogP contribution in [0.15, 0.2) is 41.7 Å². The van der Waals surface area contributed by atoms with Gasteiger partial charge in [0, 0.05) is 11.8 Å². The molecule has 0 unspecified atom stereocenters. The Labute approximate surface area is 206 Å². The van der Waals surface area contributed by atoms with Crippen LogP contribution < -0.4 is 15.7 Å². The van der Waals surface area contributed by atoms with Crippen molar-refractivity contribution in [1.29, 1.82) is 0 Å². The molecule has 4 rings (SSSR count). The number of carbonyl (C=O) groups is 1. The van der Waals surface area contributed by atoms with E-state index in [9.17, 15) is 27.2 Å². The van der Waals surface area contributed by atoms with Crippen LogP contribution in [-0.4, -0.2) is 39.1 Å². The van der Waals surface area contributed by atoms with E-state index < -0.39 is 52.5 Å². The predicted molar refractivity (Wildman–Crippen MR) is 122 cm³/mol. The van der Waals surface area contributed by atoms with Crippen molar-refractivity contribution in [2.45, 2.75) is 39.3 Å². The van der Waals surface area contributed by atoms with E-state index in [4.69, 9.17) is 9.47 Å². The van der Waals surface area contributed by atoms with Crippen molar-refractivity contribution >= 4 is 11.6 Å². The fourth-order valence-electron chi connectivity index (χ4n) is 3.90. The Morgan fingerprint density at radius 3 is 2.49 bits per heavy atom. The Morgan fingerprint density at radius 2 is 1.89 bits per heavy atom. The van der Waals surface area contributed by atoms with Gasteiger partial charge in [0.25, 0.3) is 5.91 Å². The number of ether oxygens (including phenoxy) is 2. The number of fused-ring (bicyclic) bond motifs is 1. The first-order valence-electron chi connectivity index (χ1n) is 10.9. The molecule has 0 fully saturated rings. The number of halogens is 5. The van der Waals surface area contributed by atoms with Crippen molar-refractivity contribution < 1.29 is 36.2 Å². The molecule has 0 spiro atoms. The number of hydrogen-bond donors (Lipinski definition) is 1. The maximum absolute atomic E-state index is 15.3. The molecule has 1 aliphatic heterocycles. The van der Waals surface area contributed by atoms with E-state index in [0.29, 0.717) is 28.0 Å². The van der Waals surface area contributed by atoms with Crippen molar-refractivity contribution in [3.05, 3.63) is 81.6 Å². The fourth-order valence-corrected chi connectivity index (χ4v) is 3.90. The standard InChI is InChI=1S/C24H21F5N4O4/c1-4-19(24(27,28)29)37-18-10-17(33-23(35)32-5-6-36-11-20(32)31-33)16(26)9-15(18)22(34)30-21-12(2)7-14(25)8-13(21)3/h4,7-10,19H,1,5-6,11H2,2-3H3,(H,30,34)/t19-/m0/s1. The van der Waals surface area contributed by atoms with E-state index >= 15 is 4.39 Å². The molecule has 0 aliphatic carbocycles. The van der Waals surface area contributed by atoms with Gasteiger partial charge in [-0.3, -0.25) is 9.36 Å². The lowest BCUT2D eigenvalue weighted by Gasteiger charge is -2.21. The van der Waals surface area contributed by atoms with Gasteiger partial charge in [0.05, 0.1) is 18.7 Å². The monoisotopic (exact) mass is 524 g/mol. The summed E-state index contributed by atoms with van der Waals surface area (Å²) in [5, 5.41) is 6.48. The van der Waals surface area contributed by atoms with Crippen molar-refractivity contribution in [3.63, 3.8) is 0 Å². The van der Waals surface area contributed by atoms with Gasteiger partial charge in [0.15, 0.2) is 5.82 Å². The van der Waals surface area contributed by atoms with E-state index in [-0.39, 0.29) is 31.3 Å². The first-order chi connectivity index (χ1) is 17.4. The molecule has 0 saturated carbocycles. The van der Waals surface area contributed by atoms with Gasteiger partial charge in [-0.2, -0.15) is 17.9 Å². The minimum absolute atomic E-state index is 0.0172. The first kappa shape index (κ1) is 26.1. The Balaban J connectivity index is 1.83. The third-order valence-corrected chi connectivity index (χ3v) is 5.68. The minimum Gasteiger partial charge on any atom is -0.476 e. The molecule has 0 radical (unpaired) electrons. The number of hydrogen-bond acceptors (Lipinski definition) is 5. The maximum Gasteiger partial charge on any atom is 0.429 e. The number of anilines is 1. The minimum atomic E-state index is -4.91. The van der Waals surface area contributed by atoms with Crippen LogP contribution in [0.25, 0.3) is 5.69 Å². The van der Waals surface area contributed by atoms with Gasteiger partial charge in [-0.25, -0.2) is 13.6 Å². The second kappa shape index (κ2) is 9.81. The zero-order valence-electron chi connectivity index (χ0n) is 19.7. The van der Waals surface area contributed by atoms with Crippen LogP contribution in [0.5, 0.6) is 5.75 Å². The number of nitrogens with one attached hydrogen (secondary N) is 1. The lowest BCUT2D eigenvalue weighted by atomic mass is 10.1. The van der Waals surface area contributed by atoms with Gasteiger partial charge in [-0.15, -0.1) is 5.10 Å². The van der Waals surface area contributed by atoms with Crippen molar-refractivity contribution in [2.24, 2.45) is 0 Å². The molecular formula is C24H21F5N4O4. The van der Waals surface area contributed by atoms with Crippen LogP contribution in [0, 0.1) is 25.5 Å². The van der Waals surface area contributed by atoms with Crippen LogP contribution >= 0.6 is 0 Å². The molecule has 1 atom stereocenters. The Kier molecular flexibility index (Phi) is 6.91. The second-order valence-corrected chi connectivity index (χ2v) is 8.30. The predicted octanol–water partition coefficient (Wildman–Crippen LogP) is 4.21. The largest absolute Gasteiger partial charge is 0.476 e. The fraction of sp³-hybridized carbons (Fsp3) is 0.292. The van der Waals surface area contributed by atoms with Gasteiger partial charge >= 0.3 is 11.9 Å². The third kappa shape index (κ3) is 5.12. The maximum atomic E-state index is 15.3. The molecule has 1 aliphatic rings. The number of alkyl halides is 3. The molecule has 8 nitrogen and oxygen atoms in total. The highest BCUT2D eigenvalue weighted by Crippen LogP contribution is 2.32. The summed E-state index contributed by atoms with van der Waals surface area (Å²) >= 11 is 0. The van der Waals surface area contributed by atoms with Gasteiger partial charge in [-0.05, 0) is 49.2 Å². The summed E-state index contributed by atoms with van der Waals surface area (Å²) in [5.41, 5.74) is -1.01. The van der Waals surface area contributed by atoms with Gasteiger partial charge < -0.3 is 14.8 Å². The summed E-state index contributed by atoms with van der Waals surface area (Å²) in [6.07, 6.45) is -6.99. The van der Waals surface area contributed by atoms with E-state index in [2.05, 4.69) is 17.0 Å². The Morgan fingerprint density at radius 1 is 1.22 bits per heavy atom. The SMILES string of the molecule is C=C[C@H](Oc1cc(-n2nc3n(c2=O)CCOC3)c(F)cc1C(=O)Nc1c(C)cc(F)cc1C)C(F)(F)F. The number of aromatic nitrogens is 3. The summed E-state index contributed by atoms with van der Waals surface area (Å²) in [5.74, 6) is -3.17. The zero-order chi connectivity index (χ0) is 27.1. The lowest BCUT2D eigenvalue weighted by molar-refractivity contribution is -0.179. The van der Waals surface area contributed by atoms with Crippen LogP contribution in [0.2, 0.25) is 0 Å². The first-order valence-corrected chi connectivity index (χ1v) is 10.9. The Bertz CT molecular complexity index is 1420. The summed E-state index contributed by atoms with van der Waals surface area (Å²) in [4.78, 5) is 25.9. The molecule has 2 heterocycles. The number of aryl methyl sites for hydroxylation is 2. The molecule has 0 saturated heterocycles. The average molecular weight is 524 g/mol. The number of amides is 1. The topological polar surface area (TPSA) is 87.4 Å². The number of rotatable bonds is 6. The molecule has 1 N–H and O–H groups in total. The van der Waals surface area contributed by atoms with Gasteiger partial charge in [0.1, 0.15) is 29.7 Å². The molecule has 196 valence electrons. The van der Waals surface area contributed by atoms with Crippen molar-refractivity contribution in [1.82, 2.24) is 14.3 Å². The average Bonchev–Trinajstić information content (AvgIpc) is 3.15. The number of benzene rings is 2. The van der Waals surface area contributed by atoms with E-state index in [1.165, 1.54) is 18.4 Å². The molecule has 37 heavy (non-hydrogen) atoms. The second-order valence-electron chi connectivity index (χ2n) is 8.30. The molecule has 2 aromatic carbocycles. The molecule has 0 bridgehead atoms. The third-order valence-electron chi connectivity index (χ3n) is 5.68. The van der Waals surface area contributed by atoms with E-state index in [1.54, 1.807) is 0 Å². The summed E-state index contributed by atoms with van der Waals surface area (Å²) < 4.78 is 81.5. The van der Waals surface area contributed by atoms with Crippen molar-refractivity contribution in [2.75, 3.05) is 11.9 Å². The molecule has 13 heteroatoms. The Hall–Kier alpha value is -4.00. The van der Waals surface area contributed by atoms with E-state index in [0.717, 1.165) is 18.2 Å². The summed E-state index contributed by atoms with van der Waals surface area (Å²) in [6.45, 7) is 6.51. The number of nitrogens with zero attached hydrogens (tertiary/aromatic N) is 3. The van der Waals surface area contributed by atoms with Crippen LogP contribution in [0.1, 0.15) is 27.3 Å².